The van der Waals surface area contributed by atoms with Crippen molar-refractivity contribution in [2.45, 2.75) is 62.9 Å². The van der Waals surface area contributed by atoms with Crippen molar-refractivity contribution in [3.8, 4) is 0 Å². The fraction of sp³-hybridized carbons (Fsp3) is 0.550. The van der Waals surface area contributed by atoms with Crippen LogP contribution >= 0.6 is 0 Å². The fourth-order valence-electron chi connectivity index (χ4n) is 3.86. The summed E-state index contributed by atoms with van der Waals surface area (Å²) in [6, 6.07) is 9.58. The highest BCUT2D eigenvalue weighted by molar-refractivity contribution is 5.87. The van der Waals surface area contributed by atoms with Crippen LogP contribution in [-0.2, 0) is 20.8 Å². The minimum atomic E-state index is -0.437. The minimum absolute atomic E-state index is 0.0458. The molecule has 0 saturated carbocycles. The number of carbonyl (C=O) groups is 3. The fourth-order valence-corrected chi connectivity index (χ4v) is 3.86. The van der Waals surface area contributed by atoms with Gasteiger partial charge in [0.15, 0.2) is 0 Å². The van der Waals surface area contributed by atoms with Gasteiger partial charge < -0.3 is 16.0 Å². The lowest BCUT2D eigenvalue weighted by molar-refractivity contribution is -0.129. The molecule has 2 aliphatic rings. The number of nitrogens with one attached hydrogen (secondary N) is 3. The van der Waals surface area contributed by atoms with E-state index in [0.29, 0.717) is 32.2 Å². The zero-order valence-electron chi connectivity index (χ0n) is 15.1. The standard InChI is InChI=1S/C20H27N3O3/c24-17(22-16-8-4-5-13-21-19(16)26)9-11-20(12-10-18(25)23-20)14-15-6-2-1-3-7-15/h1-3,6-7,16H,4-5,8-14H2,(H,21,26)(H,22,24)(H,23,25)/t16-,20?/m0/s1. The SMILES string of the molecule is O=C(CCC1(Cc2ccccc2)CCC(=O)N1)N[C@H]1CCCCNC1=O. The smallest absolute Gasteiger partial charge is 0.242 e. The van der Waals surface area contributed by atoms with Gasteiger partial charge in [-0.2, -0.15) is 0 Å². The Morgan fingerprint density at radius 1 is 1.19 bits per heavy atom. The molecule has 3 rings (SSSR count). The summed E-state index contributed by atoms with van der Waals surface area (Å²) in [5, 5.41) is 8.79. The van der Waals surface area contributed by atoms with Gasteiger partial charge in [-0.1, -0.05) is 30.3 Å². The molecule has 2 atom stereocenters. The molecule has 0 spiro atoms. The minimum Gasteiger partial charge on any atom is -0.354 e. The molecule has 6 nitrogen and oxygen atoms in total. The first-order chi connectivity index (χ1) is 12.6. The van der Waals surface area contributed by atoms with Gasteiger partial charge in [0.05, 0.1) is 0 Å². The Hall–Kier alpha value is -2.37. The van der Waals surface area contributed by atoms with E-state index >= 15 is 0 Å². The van der Waals surface area contributed by atoms with E-state index in [1.807, 2.05) is 30.3 Å². The summed E-state index contributed by atoms with van der Waals surface area (Å²) in [4.78, 5) is 36.2. The van der Waals surface area contributed by atoms with Crippen molar-refractivity contribution in [1.82, 2.24) is 16.0 Å². The molecule has 26 heavy (non-hydrogen) atoms. The van der Waals surface area contributed by atoms with Crippen LogP contribution in [-0.4, -0.2) is 35.8 Å². The Morgan fingerprint density at radius 3 is 2.73 bits per heavy atom. The van der Waals surface area contributed by atoms with E-state index in [2.05, 4.69) is 16.0 Å². The Kier molecular flexibility index (Phi) is 5.91. The predicted molar refractivity (Wildman–Crippen MR) is 98.3 cm³/mol. The van der Waals surface area contributed by atoms with Crippen molar-refractivity contribution in [2.75, 3.05) is 6.54 Å². The maximum Gasteiger partial charge on any atom is 0.242 e. The first-order valence-electron chi connectivity index (χ1n) is 9.48. The van der Waals surface area contributed by atoms with Crippen LogP contribution < -0.4 is 16.0 Å². The summed E-state index contributed by atoms with van der Waals surface area (Å²) in [5.74, 6) is -0.172. The average Bonchev–Trinajstić information content (AvgIpc) is 2.87. The van der Waals surface area contributed by atoms with Crippen molar-refractivity contribution in [1.29, 1.82) is 0 Å². The van der Waals surface area contributed by atoms with Crippen LogP contribution in [0.5, 0.6) is 0 Å². The van der Waals surface area contributed by atoms with Crippen LogP contribution in [0.1, 0.15) is 50.5 Å². The van der Waals surface area contributed by atoms with Gasteiger partial charge in [-0.25, -0.2) is 0 Å². The summed E-state index contributed by atoms with van der Waals surface area (Å²) in [7, 11) is 0. The lowest BCUT2D eigenvalue weighted by Crippen LogP contribution is -2.47. The van der Waals surface area contributed by atoms with Gasteiger partial charge in [-0.05, 0) is 44.1 Å². The molecule has 2 saturated heterocycles. The Bertz CT molecular complexity index is 662. The van der Waals surface area contributed by atoms with Crippen molar-refractivity contribution in [2.24, 2.45) is 0 Å². The van der Waals surface area contributed by atoms with Gasteiger partial charge in [0.25, 0.3) is 0 Å². The van der Waals surface area contributed by atoms with Crippen molar-refractivity contribution in [3.63, 3.8) is 0 Å². The van der Waals surface area contributed by atoms with Crippen LogP contribution in [0.4, 0.5) is 0 Å². The molecule has 0 radical (unpaired) electrons. The summed E-state index contributed by atoms with van der Waals surface area (Å²) >= 11 is 0. The summed E-state index contributed by atoms with van der Waals surface area (Å²) in [6.45, 7) is 0.678. The van der Waals surface area contributed by atoms with Crippen LogP contribution in [0.25, 0.3) is 0 Å². The molecule has 1 unspecified atom stereocenters. The van der Waals surface area contributed by atoms with Crippen LogP contribution in [0.3, 0.4) is 0 Å². The van der Waals surface area contributed by atoms with Crippen LogP contribution in [0.15, 0.2) is 30.3 Å². The number of benzene rings is 1. The molecule has 140 valence electrons. The second-order valence-electron chi connectivity index (χ2n) is 7.40. The number of hydrogen-bond acceptors (Lipinski definition) is 3. The molecule has 1 aromatic rings. The van der Waals surface area contributed by atoms with Crippen molar-refractivity contribution < 1.29 is 14.4 Å². The predicted octanol–water partition coefficient (Wildman–Crippen LogP) is 1.44. The van der Waals surface area contributed by atoms with Crippen LogP contribution in [0.2, 0.25) is 0 Å². The molecule has 0 aromatic heterocycles. The van der Waals surface area contributed by atoms with E-state index in [9.17, 15) is 14.4 Å². The normalized spacial score (nSPS) is 25.9. The summed E-state index contributed by atoms with van der Waals surface area (Å²) in [6.07, 6.45) is 5.39. The molecule has 0 aliphatic carbocycles. The molecule has 3 amide bonds. The van der Waals surface area contributed by atoms with Gasteiger partial charge >= 0.3 is 0 Å². The molecule has 2 aliphatic heterocycles. The second kappa shape index (κ2) is 8.34. The Morgan fingerprint density at radius 2 is 2.00 bits per heavy atom. The highest BCUT2D eigenvalue weighted by Crippen LogP contribution is 2.29. The highest BCUT2D eigenvalue weighted by Gasteiger charge is 2.38. The maximum atomic E-state index is 12.4. The molecule has 2 heterocycles. The largest absolute Gasteiger partial charge is 0.354 e. The molecule has 3 N–H and O–H groups in total. The van der Waals surface area contributed by atoms with Gasteiger partial charge in [0.1, 0.15) is 6.04 Å². The lowest BCUT2D eigenvalue weighted by Gasteiger charge is -2.29. The van der Waals surface area contributed by atoms with E-state index in [0.717, 1.165) is 31.2 Å². The zero-order chi connectivity index (χ0) is 18.4. The molecular weight excluding hydrogens is 330 g/mol. The summed E-state index contributed by atoms with van der Waals surface area (Å²) < 4.78 is 0. The van der Waals surface area contributed by atoms with E-state index in [1.54, 1.807) is 0 Å². The number of carbonyl (C=O) groups excluding carboxylic acids is 3. The van der Waals surface area contributed by atoms with Gasteiger partial charge in [0.2, 0.25) is 17.7 Å². The number of hydrogen-bond donors (Lipinski definition) is 3. The molecule has 1 aromatic carbocycles. The third kappa shape index (κ3) is 4.84. The zero-order valence-corrected chi connectivity index (χ0v) is 15.1. The van der Waals surface area contributed by atoms with Crippen LogP contribution in [0, 0.1) is 0 Å². The lowest BCUT2D eigenvalue weighted by atomic mass is 9.85. The topological polar surface area (TPSA) is 87.3 Å². The Labute approximate surface area is 154 Å². The van der Waals surface area contributed by atoms with E-state index < -0.39 is 6.04 Å². The number of amides is 3. The molecular formula is C20H27N3O3. The quantitative estimate of drug-likeness (QED) is 0.720. The second-order valence-corrected chi connectivity index (χ2v) is 7.40. The van der Waals surface area contributed by atoms with E-state index in [-0.39, 0.29) is 23.3 Å². The molecule has 0 bridgehead atoms. The van der Waals surface area contributed by atoms with E-state index in [4.69, 9.17) is 0 Å². The molecule has 2 fully saturated rings. The van der Waals surface area contributed by atoms with Crippen molar-refractivity contribution in [3.05, 3.63) is 35.9 Å². The monoisotopic (exact) mass is 357 g/mol. The summed E-state index contributed by atoms with van der Waals surface area (Å²) in [5.41, 5.74) is 0.778. The number of rotatable bonds is 6. The third-order valence-corrected chi connectivity index (χ3v) is 5.32. The third-order valence-electron chi connectivity index (χ3n) is 5.32. The van der Waals surface area contributed by atoms with Gasteiger partial charge in [-0.3, -0.25) is 14.4 Å². The van der Waals surface area contributed by atoms with Gasteiger partial charge in [-0.15, -0.1) is 0 Å². The Balaban J connectivity index is 1.58. The van der Waals surface area contributed by atoms with Crippen molar-refractivity contribution >= 4 is 17.7 Å². The average molecular weight is 357 g/mol. The first-order valence-corrected chi connectivity index (χ1v) is 9.48. The van der Waals surface area contributed by atoms with E-state index in [1.165, 1.54) is 0 Å². The maximum absolute atomic E-state index is 12.4. The molecule has 6 heteroatoms. The van der Waals surface area contributed by atoms with Gasteiger partial charge in [0, 0.05) is 24.9 Å². The highest BCUT2D eigenvalue weighted by atomic mass is 16.2. The first kappa shape index (κ1) is 18.4.